The minimum atomic E-state index is -1.29. The second-order valence-electron chi connectivity index (χ2n) is 5.01. The van der Waals surface area contributed by atoms with Crippen LogP contribution in [0.25, 0.3) is 0 Å². The Morgan fingerprint density at radius 3 is 2.20 bits per heavy atom. The minimum absolute atomic E-state index is 0.464. The molecule has 7 nitrogen and oxygen atoms in total. The van der Waals surface area contributed by atoms with Crippen molar-refractivity contribution in [3.63, 3.8) is 0 Å². The molecule has 2 rings (SSSR count). The van der Waals surface area contributed by atoms with Crippen molar-refractivity contribution in [2.45, 2.75) is 6.10 Å². The van der Waals surface area contributed by atoms with Gasteiger partial charge in [0.2, 0.25) is 5.75 Å². The second-order valence-corrected chi connectivity index (χ2v) is 5.01. The van der Waals surface area contributed by atoms with Gasteiger partial charge in [-0.05, 0) is 17.7 Å². The van der Waals surface area contributed by atoms with Crippen LogP contribution >= 0.6 is 0 Å². The summed E-state index contributed by atoms with van der Waals surface area (Å²) in [5.41, 5.74) is 3.42. The molecule has 1 amide bonds. The van der Waals surface area contributed by atoms with E-state index in [1.165, 1.54) is 27.5 Å². The van der Waals surface area contributed by atoms with Gasteiger partial charge in [0.05, 0.1) is 27.5 Å². The van der Waals surface area contributed by atoms with Gasteiger partial charge in [-0.15, -0.1) is 0 Å². The number of carbonyl (C=O) groups excluding carboxylic acids is 1. The molecule has 0 saturated heterocycles. The molecule has 0 aliphatic carbocycles. The number of aliphatic hydroxyl groups excluding tert-OH is 1. The molecule has 0 unspecified atom stereocenters. The van der Waals surface area contributed by atoms with Gasteiger partial charge in [0.1, 0.15) is 0 Å². The average Bonchev–Trinajstić information content (AvgIpc) is 2.66. The van der Waals surface area contributed by atoms with Crippen molar-refractivity contribution in [3.8, 4) is 17.2 Å². The second kappa shape index (κ2) is 8.70. The van der Waals surface area contributed by atoms with Crippen molar-refractivity contribution in [3.05, 3.63) is 53.6 Å². The molecule has 0 radical (unpaired) electrons. The van der Waals surface area contributed by atoms with E-state index in [1.54, 1.807) is 42.5 Å². The van der Waals surface area contributed by atoms with Crippen LogP contribution in [0.4, 0.5) is 0 Å². The van der Waals surface area contributed by atoms with E-state index in [4.69, 9.17) is 14.2 Å². The minimum Gasteiger partial charge on any atom is -0.493 e. The van der Waals surface area contributed by atoms with E-state index in [1.807, 2.05) is 0 Å². The Labute approximate surface area is 145 Å². The van der Waals surface area contributed by atoms with Gasteiger partial charge in [-0.25, -0.2) is 5.43 Å². The van der Waals surface area contributed by atoms with Gasteiger partial charge < -0.3 is 19.3 Å². The van der Waals surface area contributed by atoms with Gasteiger partial charge in [0.15, 0.2) is 17.6 Å². The molecule has 2 aromatic carbocycles. The average molecular weight is 344 g/mol. The molecular formula is C18H20N2O5. The number of amides is 1. The lowest BCUT2D eigenvalue weighted by atomic mass is 10.1. The summed E-state index contributed by atoms with van der Waals surface area (Å²) in [7, 11) is 4.53. The number of benzene rings is 2. The Bertz CT molecular complexity index is 721. The third-order valence-electron chi connectivity index (χ3n) is 3.44. The van der Waals surface area contributed by atoms with Crippen LogP contribution < -0.4 is 19.6 Å². The molecule has 0 heterocycles. The molecule has 0 saturated carbocycles. The lowest BCUT2D eigenvalue weighted by molar-refractivity contribution is -0.129. The zero-order valence-electron chi connectivity index (χ0n) is 14.2. The Morgan fingerprint density at radius 1 is 1.08 bits per heavy atom. The van der Waals surface area contributed by atoms with Gasteiger partial charge >= 0.3 is 0 Å². The lowest BCUT2D eigenvalue weighted by Crippen LogP contribution is -2.25. The fourth-order valence-corrected chi connectivity index (χ4v) is 2.19. The van der Waals surface area contributed by atoms with Crippen LogP contribution in [-0.2, 0) is 4.79 Å². The summed E-state index contributed by atoms with van der Waals surface area (Å²) in [4.78, 5) is 11.9. The number of hydrazone groups is 1. The van der Waals surface area contributed by atoms with Gasteiger partial charge in [0.25, 0.3) is 5.91 Å². The first kappa shape index (κ1) is 18.3. The third-order valence-corrected chi connectivity index (χ3v) is 3.44. The maximum absolute atomic E-state index is 11.9. The van der Waals surface area contributed by atoms with E-state index in [2.05, 4.69) is 10.5 Å². The first-order chi connectivity index (χ1) is 12.1. The summed E-state index contributed by atoms with van der Waals surface area (Å²) in [5.74, 6) is 0.776. The van der Waals surface area contributed by atoms with Crippen LogP contribution in [0.15, 0.2) is 47.6 Å². The molecule has 7 heteroatoms. The van der Waals surface area contributed by atoms with Crippen molar-refractivity contribution in [2.24, 2.45) is 5.10 Å². The molecule has 0 aliphatic heterocycles. The number of rotatable bonds is 7. The van der Waals surface area contributed by atoms with E-state index in [9.17, 15) is 9.90 Å². The van der Waals surface area contributed by atoms with Crippen LogP contribution in [-0.4, -0.2) is 38.6 Å². The predicted molar refractivity (Wildman–Crippen MR) is 93.2 cm³/mol. The Kier molecular flexibility index (Phi) is 6.36. The number of nitrogens with one attached hydrogen (secondary N) is 1. The number of aliphatic hydroxyl groups is 1. The summed E-state index contributed by atoms with van der Waals surface area (Å²) in [6.45, 7) is 0. The standard InChI is InChI=1S/C18H20N2O5/c1-23-14-9-12(10-15(24-2)17(14)25-3)11-19-20-18(22)16(21)13-7-5-4-6-8-13/h4-11,16,21H,1-3H3,(H,20,22)/t16-/m1/s1. The number of hydrogen-bond donors (Lipinski definition) is 2. The summed E-state index contributed by atoms with van der Waals surface area (Å²) in [6, 6.07) is 12.0. The molecular weight excluding hydrogens is 324 g/mol. The smallest absolute Gasteiger partial charge is 0.273 e. The first-order valence-corrected chi connectivity index (χ1v) is 7.46. The first-order valence-electron chi connectivity index (χ1n) is 7.46. The maximum Gasteiger partial charge on any atom is 0.273 e. The van der Waals surface area contributed by atoms with Gasteiger partial charge in [-0.1, -0.05) is 30.3 Å². The summed E-state index contributed by atoms with van der Waals surface area (Å²) < 4.78 is 15.7. The number of nitrogens with zero attached hydrogens (tertiary/aromatic N) is 1. The SMILES string of the molecule is COc1cc(C=NNC(=O)[C@H](O)c2ccccc2)cc(OC)c1OC. The molecule has 2 aromatic rings. The lowest BCUT2D eigenvalue weighted by Gasteiger charge is -2.12. The summed E-state index contributed by atoms with van der Waals surface area (Å²) >= 11 is 0. The molecule has 132 valence electrons. The van der Waals surface area contributed by atoms with Crippen LogP contribution in [0.5, 0.6) is 17.2 Å². The molecule has 1 atom stereocenters. The molecule has 25 heavy (non-hydrogen) atoms. The van der Waals surface area contributed by atoms with Crippen molar-refractivity contribution in [2.75, 3.05) is 21.3 Å². The molecule has 0 spiro atoms. The van der Waals surface area contributed by atoms with Crippen LogP contribution in [0.3, 0.4) is 0 Å². The van der Waals surface area contributed by atoms with E-state index in [0.29, 0.717) is 28.4 Å². The normalized spacial score (nSPS) is 11.8. The van der Waals surface area contributed by atoms with Crippen molar-refractivity contribution >= 4 is 12.1 Å². The molecule has 2 N–H and O–H groups in total. The number of carbonyl (C=O) groups is 1. The Balaban J connectivity index is 2.10. The largest absolute Gasteiger partial charge is 0.493 e. The fourth-order valence-electron chi connectivity index (χ4n) is 2.19. The van der Waals surface area contributed by atoms with Crippen LogP contribution in [0, 0.1) is 0 Å². The Hall–Kier alpha value is -3.06. The van der Waals surface area contributed by atoms with Crippen molar-refractivity contribution in [1.29, 1.82) is 0 Å². The van der Waals surface area contributed by atoms with E-state index in [0.717, 1.165) is 0 Å². The highest BCUT2D eigenvalue weighted by atomic mass is 16.5. The predicted octanol–water partition coefficient (Wildman–Crippen LogP) is 1.90. The number of ether oxygens (including phenoxy) is 3. The third kappa shape index (κ3) is 4.48. The summed E-state index contributed by atoms with van der Waals surface area (Å²) in [6.07, 6.45) is 0.124. The molecule has 0 aromatic heterocycles. The maximum atomic E-state index is 11.9. The van der Waals surface area contributed by atoms with Crippen LogP contribution in [0.2, 0.25) is 0 Å². The quantitative estimate of drug-likeness (QED) is 0.591. The van der Waals surface area contributed by atoms with Crippen LogP contribution in [0.1, 0.15) is 17.2 Å². The zero-order valence-corrected chi connectivity index (χ0v) is 14.2. The fraction of sp³-hybridized carbons (Fsp3) is 0.222. The van der Waals surface area contributed by atoms with E-state index >= 15 is 0 Å². The zero-order chi connectivity index (χ0) is 18.2. The molecule has 0 bridgehead atoms. The topological polar surface area (TPSA) is 89.4 Å². The monoisotopic (exact) mass is 344 g/mol. The highest BCUT2D eigenvalue weighted by Crippen LogP contribution is 2.37. The van der Waals surface area contributed by atoms with Crippen molar-refractivity contribution in [1.82, 2.24) is 5.43 Å². The van der Waals surface area contributed by atoms with Gasteiger partial charge in [-0.2, -0.15) is 5.10 Å². The highest BCUT2D eigenvalue weighted by molar-refractivity contribution is 5.86. The van der Waals surface area contributed by atoms with Gasteiger partial charge in [-0.3, -0.25) is 4.79 Å². The summed E-state index contributed by atoms with van der Waals surface area (Å²) in [5, 5.41) is 13.8. The van der Waals surface area contributed by atoms with E-state index in [-0.39, 0.29) is 0 Å². The Morgan fingerprint density at radius 2 is 1.68 bits per heavy atom. The van der Waals surface area contributed by atoms with Gasteiger partial charge in [0, 0.05) is 5.56 Å². The van der Waals surface area contributed by atoms with Crippen molar-refractivity contribution < 1.29 is 24.1 Å². The number of hydrogen-bond acceptors (Lipinski definition) is 6. The molecule has 0 fully saturated rings. The van der Waals surface area contributed by atoms with E-state index < -0.39 is 12.0 Å². The highest BCUT2D eigenvalue weighted by Gasteiger charge is 2.16. The molecule has 0 aliphatic rings. The number of methoxy groups -OCH3 is 3.